The van der Waals surface area contributed by atoms with E-state index in [-0.39, 0.29) is 5.57 Å². The molecule has 0 fully saturated rings. The summed E-state index contributed by atoms with van der Waals surface area (Å²) in [5.41, 5.74) is 5.72. The standard InChI is InChI=1S/C8H15NO6P2/c1-5-3-4-6(2)8(9,17(13,14)15)7(5)16(10,11)12/h3-4,6H,9H2,1-2H3,(H2,10,11,12)(H2,13,14,15). The van der Waals surface area contributed by atoms with Crippen LogP contribution >= 0.6 is 15.2 Å². The molecule has 1 aliphatic rings. The number of rotatable bonds is 2. The third-order valence-corrected chi connectivity index (χ3v) is 5.93. The van der Waals surface area contributed by atoms with Gasteiger partial charge in [0.25, 0.3) is 0 Å². The summed E-state index contributed by atoms with van der Waals surface area (Å²) >= 11 is 0. The Hall–Kier alpha value is -0.260. The van der Waals surface area contributed by atoms with E-state index in [1.165, 1.54) is 26.0 Å². The minimum Gasteiger partial charge on any atom is -0.323 e. The van der Waals surface area contributed by atoms with Crippen molar-refractivity contribution in [2.75, 3.05) is 0 Å². The molecule has 0 aliphatic heterocycles. The summed E-state index contributed by atoms with van der Waals surface area (Å²) in [6.07, 6.45) is 2.83. The van der Waals surface area contributed by atoms with Crippen molar-refractivity contribution in [2.45, 2.75) is 19.1 Å². The normalized spacial score (nSPS) is 30.9. The lowest BCUT2D eigenvalue weighted by atomic mass is 9.93. The van der Waals surface area contributed by atoms with Crippen LogP contribution in [0.3, 0.4) is 0 Å². The van der Waals surface area contributed by atoms with Crippen LogP contribution in [0.25, 0.3) is 0 Å². The van der Waals surface area contributed by atoms with Crippen LogP contribution in [0.15, 0.2) is 23.0 Å². The van der Waals surface area contributed by atoms with E-state index in [0.29, 0.717) is 0 Å². The Morgan fingerprint density at radius 3 is 2.06 bits per heavy atom. The van der Waals surface area contributed by atoms with Crippen molar-refractivity contribution in [3.63, 3.8) is 0 Å². The monoisotopic (exact) mass is 283 g/mol. The summed E-state index contributed by atoms with van der Waals surface area (Å²) in [5, 5.41) is -3.04. The molecule has 0 aromatic heterocycles. The predicted molar refractivity (Wildman–Crippen MR) is 62.0 cm³/mol. The van der Waals surface area contributed by atoms with Crippen LogP contribution < -0.4 is 5.73 Å². The quantitative estimate of drug-likeness (QED) is 0.464. The molecule has 0 saturated carbocycles. The summed E-state index contributed by atoms with van der Waals surface area (Å²) in [6, 6.07) is 0. The van der Waals surface area contributed by atoms with Gasteiger partial charge in [0.1, 0.15) is 0 Å². The average Bonchev–Trinajstić information content (AvgIpc) is 2.07. The molecular formula is C8H15NO6P2. The number of hydrogen-bond acceptors (Lipinski definition) is 3. The third-order valence-electron chi connectivity index (χ3n) is 2.86. The minimum absolute atomic E-state index is 0.0854. The Labute approximate surface area is 98.4 Å². The number of hydrogen-bond donors (Lipinski definition) is 5. The maximum atomic E-state index is 11.5. The molecule has 0 bridgehead atoms. The van der Waals surface area contributed by atoms with Gasteiger partial charge in [-0.15, -0.1) is 0 Å². The van der Waals surface area contributed by atoms with Gasteiger partial charge in [-0.3, -0.25) is 9.13 Å². The summed E-state index contributed by atoms with van der Waals surface area (Å²) in [4.78, 5) is 37.0. The smallest absolute Gasteiger partial charge is 0.323 e. The molecular weight excluding hydrogens is 268 g/mol. The fraction of sp³-hybridized carbons (Fsp3) is 0.500. The molecule has 0 spiro atoms. The van der Waals surface area contributed by atoms with Crippen molar-refractivity contribution in [2.24, 2.45) is 11.7 Å². The second-order valence-corrected chi connectivity index (χ2v) is 7.46. The van der Waals surface area contributed by atoms with E-state index in [1.807, 2.05) is 0 Å². The summed E-state index contributed by atoms with van der Waals surface area (Å²) < 4.78 is 22.9. The van der Waals surface area contributed by atoms with Gasteiger partial charge in [0.2, 0.25) is 0 Å². The zero-order valence-corrected chi connectivity index (χ0v) is 11.1. The van der Waals surface area contributed by atoms with Crippen molar-refractivity contribution < 1.29 is 28.7 Å². The fourth-order valence-electron chi connectivity index (χ4n) is 1.91. The molecule has 0 radical (unpaired) electrons. The molecule has 0 heterocycles. The van der Waals surface area contributed by atoms with Crippen molar-refractivity contribution in [1.29, 1.82) is 0 Å². The van der Waals surface area contributed by atoms with Crippen molar-refractivity contribution in [3.8, 4) is 0 Å². The van der Waals surface area contributed by atoms with E-state index >= 15 is 0 Å². The Balaban J connectivity index is 3.63. The lowest BCUT2D eigenvalue weighted by molar-refractivity contribution is 0.309. The highest BCUT2D eigenvalue weighted by molar-refractivity contribution is 7.61. The van der Waals surface area contributed by atoms with Gasteiger partial charge < -0.3 is 25.3 Å². The molecule has 0 aromatic rings. The van der Waals surface area contributed by atoms with Crippen molar-refractivity contribution in [3.05, 3.63) is 23.0 Å². The van der Waals surface area contributed by atoms with Gasteiger partial charge in [-0.1, -0.05) is 19.1 Å². The first-order chi connectivity index (χ1) is 7.42. The van der Waals surface area contributed by atoms with Gasteiger partial charge in [-0.25, -0.2) is 0 Å². The van der Waals surface area contributed by atoms with E-state index in [0.717, 1.165) is 0 Å². The van der Waals surface area contributed by atoms with Crippen molar-refractivity contribution in [1.82, 2.24) is 0 Å². The van der Waals surface area contributed by atoms with E-state index in [4.69, 9.17) is 5.73 Å². The van der Waals surface area contributed by atoms with Gasteiger partial charge in [0, 0.05) is 5.92 Å². The fourth-order valence-corrected chi connectivity index (χ4v) is 4.97. The number of nitrogens with two attached hydrogens (primary N) is 1. The first-order valence-corrected chi connectivity index (χ1v) is 7.95. The molecule has 0 aromatic carbocycles. The molecule has 7 nitrogen and oxygen atoms in total. The highest BCUT2D eigenvalue weighted by Crippen LogP contribution is 2.66. The summed E-state index contributed by atoms with van der Waals surface area (Å²) in [6.45, 7) is 2.76. The minimum atomic E-state index is -4.92. The van der Waals surface area contributed by atoms with Crippen LogP contribution in [0.2, 0.25) is 0 Å². The summed E-state index contributed by atoms with van der Waals surface area (Å²) in [7, 11) is -9.76. The van der Waals surface area contributed by atoms with E-state index < -0.39 is 31.7 Å². The second kappa shape index (κ2) is 4.14. The van der Waals surface area contributed by atoms with E-state index in [9.17, 15) is 28.7 Å². The zero-order valence-electron chi connectivity index (χ0n) is 9.31. The highest BCUT2D eigenvalue weighted by atomic mass is 31.2. The molecule has 0 amide bonds. The van der Waals surface area contributed by atoms with Gasteiger partial charge in [-0.2, -0.15) is 0 Å². The molecule has 0 saturated heterocycles. The number of allylic oxidation sites excluding steroid dienone is 2. The SMILES string of the molecule is CC1=C(P(=O)(O)O)C(N)(P(=O)(O)O)C(C)C=C1. The van der Waals surface area contributed by atoms with Crippen LogP contribution in [0, 0.1) is 5.92 Å². The van der Waals surface area contributed by atoms with Crippen LogP contribution in [-0.4, -0.2) is 24.9 Å². The van der Waals surface area contributed by atoms with E-state index in [2.05, 4.69) is 0 Å². The zero-order chi connectivity index (χ0) is 13.6. The Bertz CT molecular complexity index is 486. The molecule has 9 heteroatoms. The van der Waals surface area contributed by atoms with Crippen LogP contribution in [0.1, 0.15) is 13.8 Å². The maximum absolute atomic E-state index is 11.5. The first kappa shape index (κ1) is 14.8. The van der Waals surface area contributed by atoms with Gasteiger partial charge in [-0.05, 0) is 12.5 Å². The molecule has 98 valence electrons. The van der Waals surface area contributed by atoms with Crippen LogP contribution in [0.5, 0.6) is 0 Å². The van der Waals surface area contributed by atoms with Crippen LogP contribution in [0.4, 0.5) is 0 Å². The molecule has 17 heavy (non-hydrogen) atoms. The molecule has 2 unspecified atom stereocenters. The molecule has 1 aliphatic carbocycles. The Kier molecular flexibility index (Phi) is 3.60. The van der Waals surface area contributed by atoms with E-state index in [1.54, 1.807) is 0 Å². The Morgan fingerprint density at radius 1 is 1.29 bits per heavy atom. The lowest BCUT2D eigenvalue weighted by Gasteiger charge is -2.39. The largest absolute Gasteiger partial charge is 0.355 e. The van der Waals surface area contributed by atoms with Gasteiger partial charge in [0.15, 0.2) is 5.28 Å². The topological polar surface area (TPSA) is 141 Å². The second-order valence-electron chi connectivity index (χ2n) is 4.09. The Morgan fingerprint density at radius 2 is 1.76 bits per heavy atom. The predicted octanol–water partition coefficient (Wildman–Crippen LogP) is 0.477. The summed E-state index contributed by atoms with van der Waals surface area (Å²) in [5.74, 6) is -0.880. The van der Waals surface area contributed by atoms with Gasteiger partial charge in [0.05, 0.1) is 5.31 Å². The average molecular weight is 283 g/mol. The molecule has 2 atom stereocenters. The molecule has 6 N–H and O–H groups in total. The van der Waals surface area contributed by atoms with Crippen molar-refractivity contribution >= 4 is 15.2 Å². The molecule has 1 rings (SSSR count). The van der Waals surface area contributed by atoms with Crippen LogP contribution in [-0.2, 0) is 9.13 Å². The third kappa shape index (κ3) is 2.33. The maximum Gasteiger partial charge on any atom is 0.355 e. The van der Waals surface area contributed by atoms with Gasteiger partial charge >= 0.3 is 15.2 Å². The highest BCUT2D eigenvalue weighted by Gasteiger charge is 2.56. The first-order valence-electron chi connectivity index (χ1n) is 4.72. The lowest BCUT2D eigenvalue weighted by Crippen LogP contribution is -2.48.